The van der Waals surface area contributed by atoms with Crippen LogP contribution in [0.15, 0.2) is 48.5 Å². The highest BCUT2D eigenvalue weighted by molar-refractivity contribution is 5.75. The van der Waals surface area contributed by atoms with E-state index < -0.39 is 5.97 Å². The Morgan fingerprint density at radius 3 is 2.67 bits per heavy atom. The maximum Gasteiger partial charge on any atom is 0.307 e. The van der Waals surface area contributed by atoms with Crippen LogP contribution >= 0.6 is 0 Å². The van der Waals surface area contributed by atoms with Crippen molar-refractivity contribution in [2.24, 2.45) is 0 Å². The lowest BCUT2D eigenvalue weighted by Crippen LogP contribution is -2.03. The SMILES string of the molecule is O=C(O)Cc1ccccc1Nc1cccc(F)c1. The Kier molecular flexibility index (Phi) is 3.57. The molecule has 0 fully saturated rings. The lowest BCUT2D eigenvalue weighted by Gasteiger charge is -2.10. The van der Waals surface area contributed by atoms with E-state index in [2.05, 4.69) is 5.32 Å². The lowest BCUT2D eigenvalue weighted by atomic mass is 10.1. The van der Waals surface area contributed by atoms with E-state index in [0.29, 0.717) is 16.9 Å². The molecule has 0 radical (unpaired) electrons. The zero-order valence-corrected chi connectivity index (χ0v) is 9.56. The Labute approximate surface area is 104 Å². The lowest BCUT2D eigenvalue weighted by molar-refractivity contribution is -0.136. The van der Waals surface area contributed by atoms with Gasteiger partial charge in [-0.3, -0.25) is 4.79 Å². The summed E-state index contributed by atoms with van der Waals surface area (Å²) in [6, 6.07) is 13.1. The first-order valence-electron chi connectivity index (χ1n) is 5.47. The largest absolute Gasteiger partial charge is 0.481 e. The number of rotatable bonds is 4. The molecule has 4 heteroatoms. The van der Waals surface area contributed by atoms with Gasteiger partial charge in [-0.25, -0.2) is 4.39 Å². The minimum absolute atomic E-state index is 0.0709. The first-order valence-corrected chi connectivity index (χ1v) is 5.47. The van der Waals surface area contributed by atoms with Crippen molar-refractivity contribution in [2.75, 3.05) is 5.32 Å². The minimum Gasteiger partial charge on any atom is -0.481 e. The number of carboxylic acids is 1. The van der Waals surface area contributed by atoms with E-state index in [4.69, 9.17) is 5.11 Å². The summed E-state index contributed by atoms with van der Waals surface area (Å²) in [4.78, 5) is 10.7. The molecule has 0 aliphatic rings. The maximum absolute atomic E-state index is 13.0. The average Bonchev–Trinajstić information content (AvgIpc) is 2.31. The van der Waals surface area contributed by atoms with Gasteiger partial charge >= 0.3 is 5.97 Å². The number of halogens is 1. The van der Waals surface area contributed by atoms with Crippen LogP contribution in [-0.2, 0) is 11.2 Å². The van der Waals surface area contributed by atoms with Crippen LogP contribution in [0.2, 0.25) is 0 Å². The standard InChI is InChI=1S/C14H12FNO2/c15-11-5-3-6-12(9-11)16-13-7-2-1-4-10(13)8-14(17)18/h1-7,9,16H,8H2,(H,17,18). The molecule has 0 saturated heterocycles. The van der Waals surface area contributed by atoms with Gasteiger partial charge < -0.3 is 10.4 Å². The van der Waals surface area contributed by atoms with Crippen LogP contribution < -0.4 is 5.32 Å². The normalized spacial score (nSPS) is 10.1. The fourth-order valence-corrected chi connectivity index (χ4v) is 1.68. The van der Waals surface area contributed by atoms with Gasteiger partial charge in [-0.05, 0) is 29.8 Å². The van der Waals surface area contributed by atoms with E-state index >= 15 is 0 Å². The number of anilines is 2. The quantitative estimate of drug-likeness (QED) is 0.869. The predicted octanol–water partition coefficient (Wildman–Crippen LogP) is 3.20. The summed E-state index contributed by atoms with van der Waals surface area (Å²) >= 11 is 0. The van der Waals surface area contributed by atoms with E-state index in [1.165, 1.54) is 12.1 Å². The van der Waals surface area contributed by atoms with Crippen LogP contribution in [0.5, 0.6) is 0 Å². The second-order valence-corrected chi connectivity index (χ2v) is 3.86. The zero-order valence-electron chi connectivity index (χ0n) is 9.56. The first kappa shape index (κ1) is 12.1. The van der Waals surface area contributed by atoms with Crippen LogP contribution in [-0.4, -0.2) is 11.1 Å². The van der Waals surface area contributed by atoms with Gasteiger partial charge in [-0.1, -0.05) is 24.3 Å². The van der Waals surface area contributed by atoms with Crippen LogP contribution in [0.4, 0.5) is 15.8 Å². The summed E-state index contributed by atoms with van der Waals surface area (Å²) < 4.78 is 13.0. The summed E-state index contributed by atoms with van der Waals surface area (Å²) in [7, 11) is 0. The summed E-state index contributed by atoms with van der Waals surface area (Å²) in [5.41, 5.74) is 1.92. The van der Waals surface area contributed by atoms with Crippen LogP contribution in [0.1, 0.15) is 5.56 Å². The highest BCUT2D eigenvalue weighted by Gasteiger charge is 2.06. The Bertz CT molecular complexity index is 569. The summed E-state index contributed by atoms with van der Waals surface area (Å²) in [6.07, 6.45) is -0.0709. The molecule has 2 aromatic rings. The molecule has 0 aliphatic carbocycles. The Hall–Kier alpha value is -2.36. The maximum atomic E-state index is 13.0. The van der Waals surface area contributed by atoms with Gasteiger partial charge in [0.1, 0.15) is 5.82 Å². The van der Waals surface area contributed by atoms with E-state index in [-0.39, 0.29) is 12.2 Å². The van der Waals surface area contributed by atoms with Crippen LogP contribution in [0, 0.1) is 5.82 Å². The fourth-order valence-electron chi connectivity index (χ4n) is 1.68. The van der Waals surface area contributed by atoms with Crippen molar-refractivity contribution < 1.29 is 14.3 Å². The summed E-state index contributed by atoms with van der Waals surface area (Å²) in [5.74, 6) is -1.24. The second-order valence-electron chi connectivity index (χ2n) is 3.86. The van der Waals surface area contributed by atoms with Gasteiger partial charge in [-0.15, -0.1) is 0 Å². The third-order valence-corrected chi connectivity index (χ3v) is 2.46. The minimum atomic E-state index is -0.900. The van der Waals surface area contributed by atoms with Crippen molar-refractivity contribution >= 4 is 17.3 Å². The Morgan fingerprint density at radius 1 is 1.17 bits per heavy atom. The van der Waals surface area contributed by atoms with Crippen LogP contribution in [0.25, 0.3) is 0 Å². The number of hydrogen-bond donors (Lipinski definition) is 2. The van der Waals surface area contributed by atoms with Crippen molar-refractivity contribution in [1.29, 1.82) is 0 Å². The molecule has 0 heterocycles. The second kappa shape index (κ2) is 5.31. The number of carboxylic acid groups (broad SMARTS) is 1. The zero-order chi connectivity index (χ0) is 13.0. The molecule has 0 spiro atoms. The average molecular weight is 245 g/mol. The highest BCUT2D eigenvalue weighted by Crippen LogP contribution is 2.21. The molecule has 0 saturated carbocycles. The molecular formula is C14H12FNO2. The van der Waals surface area contributed by atoms with E-state index in [1.807, 2.05) is 0 Å². The van der Waals surface area contributed by atoms with E-state index in [0.717, 1.165) is 0 Å². The molecular weight excluding hydrogens is 233 g/mol. The van der Waals surface area contributed by atoms with Gasteiger partial charge in [0.05, 0.1) is 6.42 Å². The van der Waals surface area contributed by atoms with Gasteiger partial charge in [0.15, 0.2) is 0 Å². The van der Waals surface area contributed by atoms with Crippen molar-refractivity contribution in [3.05, 3.63) is 59.9 Å². The molecule has 18 heavy (non-hydrogen) atoms. The smallest absolute Gasteiger partial charge is 0.307 e. The highest BCUT2D eigenvalue weighted by atomic mass is 19.1. The molecule has 0 aliphatic heterocycles. The van der Waals surface area contributed by atoms with Crippen molar-refractivity contribution in [3.63, 3.8) is 0 Å². The third-order valence-electron chi connectivity index (χ3n) is 2.46. The fraction of sp³-hybridized carbons (Fsp3) is 0.0714. The summed E-state index contributed by atoms with van der Waals surface area (Å²) in [6.45, 7) is 0. The molecule has 0 bridgehead atoms. The van der Waals surface area contributed by atoms with Crippen molar-refractivity contribution in [3.8, 4) is 0 Å². The van der Waals surface area contributed by atoms with E-state index in [1.54, 1.807) is 36.4 Å². The van der Waals surface area contributed by atoms with Gasteiger partial charge in [0.2, 0.25) is 0 Å². The predicted molar refractivity (Wildman–Crippen MR) is 67.5 cm³/mol. The molecule has 92 valence electrons. The molecule has 2 N–H and O–H groups in total. The topological polar surface area (TPSA) is 49.3 Å². The number of para-hydroxylation sites is 1. The van der Waals surface area contributed by atoms with Crippen LogP contribution in [0.3, 0.4) is 0 Å². The first-order chi connectivity index (χ1) is 8.65. The molecule has 0 amide bonds. The Morgan fingerprint density at radius 2 is 1.94 bits per heavy atom. The number of benzene rings is 2. The molecule has 2 rings (SSSR count). The molecule has 2 aromatic carbocycles. The number of carbonyl (C=O) groups is 1. The van der Waals surface area contributed by atoms with Crippen molar-refractivity contribution in [1.82, 2.24) is 0 Å². The van der Waals surface area contributed by atoms with E-state index in [9.17, 15) is 9.18 Å². The van der Waals surface area contributed by atoms with Gasteiger partial charge in [0.25, 0.3) is 0 Å². The van der Waals surface area contributed by atoms with Gasteiger partial charge in [-0.2, -0.15) is 0 Å². The van der Waals surface area contributed by atoms with Crippen molar-refractivity contribution in [2.45, 2.75) is 6.42 Å². The molecule has 3 nitrogen and oxygen atoms in total. The molecule has 0 atom stereocenters. The number of hydrogen-bond acceptors (Lipinski definition) is 2. The monoisotopic (exact) mass is 245 g/mol. The number of aliphatic carboxylic acids is 1. The third kappa shape index (κ3) is 3.07. The summed E-state index contributed by atoms with van der Waals surface area (Å²) in [5, 5.41) is 11.8. The molecule has 0 unspecified atom stereocenters. The Balaban J connectivity index is 2.26. The number of nitrogens with one attached hydrogen (secondary N) is 1. The molecule has 0 aromatic heterocycles. The van der Waals surface area contributed by atoms with Gasteiger partial charge in [0, 0.05) is 11.4 Å².